The number of allylic oxidation sites excluding steroid dienone is 1. The van der Waals surface area contributed by atoms with E-state index in [1.54, 1.807) is 18.2 Å². The maximum Gasteiger partial charge on any atom is 0.347 e. The van der Waals surface area contributed by atoms with Crippen LogP contribution in [0.15, 0.2) is 88.6 Å². The molecule has 4 heteroatoms. The molecule has 0 radical (unpaired) electrons. The molecule has 3 aromatic carbocycles. The molecular weight excluding hydrogens is 451 g/mol. The number of rotatable bonds is 8. The first-order chi connectivity index (χ1) is 17.6. The lowest BCUT2D eigenvalue weighted by Gasteiger charge is -2.21. The third kappa shape index (κ3) is 5.28. The van der Waals surface area contributed by atoms with E-state index in [4.69, 9.17) is 9.15 Å². The smallest absolute Gasteiger partial charge is 0.347 e. The zero-order chi connectivity index (χ0) is 24.9. The maximum absolute atomic E-state index is 15.2. The molecule has 184 valence electrons. The van der Waals surface area contributed by atoms with Crippen molar-refractivity contribution in [3.8, 4) is 28.2 Å². The van der Waals surface area contributed by atoms with Crippen LogP contribution >= 0.6 is 0 Å². The van der Waals surface area contributed by atoms with Crippen LogP contribution in [0, 0.1) is 11.7 Å². The number of ether oxygens (including phenoxy) is 1. The number of aryl methyl sites for hydroxylation is 1. The van der Waals surface area contributed by atoms with Crippen molar-refractivity contribution in [1.82, 2.24) is 0 Å². The molecule has 1 aromatic heterocycles. The van der Waals surface area contributed by atoms with Gasteiger partial charge in [-0.15, -0.1) is 6.58 Å². The highest BCUT2D eigenvalue weighted by atomic mass is 19.1. The highest BCUT2D eigenvalue weighted by Crippen LogP contribution is 2.31. The Kier molecular flexibility index (Phi) is 7.31. The van der Waals surface area contributed by atoms with E-state index in [9.17, 15) is 4.79 Å². The molecule has 0 N–H and O–H groups in total. The number of hydrogen-bond donors (Lipinski definition) is 0. The second-order valence-electron chi connectivity index (χ2n) is 9.66. The first-order valence-corrected chi connectivity index (χ1v) is 12.8. The van der Waals surface area contributed by atoms with Crippen LogP contribution in [0.1, 0.15) is 44.1 Å². The van der Waals surface area contributed by atoms with Crippen LogP contribution in [0.25, 0.3) is 33.2 Å². The van der Waals surface area contributed by atoms with E-state index in [2.05, 4.69) is 30.8 Å². The van der Waals surface area contributed by atoms with Gasteiger partial charge < -0.3 is 9.15 Å². The molecule has 36 heavy (non-hydrogen) atoms. The highest BCUT2D eigenvalue weighted by molar-refractivity contribution is 5.86. The first kappa shape index (κ1) is 24.1. The van der Waals surface area contributed by atoms with Crippen molar-refractivity contribution in [2.24, 2.45) is 5.92 Å². The van der Waals surface area contributed by atoms with E-state index < -0.39 is 11.4 Å². The van der Waals surface area contributed by atoms with Gasteiger partial charge in [-0.2, -0.15) is 0 Å². The third-order valence-electron chi connectivity index (χ3n) is 7.13. The lowest BCUT2D eigenvalue weighted by atomic mass is 9.90. The Bertz CT molecular complexity index is 1390. The van der Waals surface area contributed by atoms with Crippen molar-refractivity contribution in [3.63, 3.8) is 0 Å². The van der Waals surface area contributed by atoms with Gasteiger partial charge in [0, 0.05) is 5.56 Å². The number of fused-ring (bicyclic) bond motifs is 1. The standard InChI is InChI=1S/C32H31FO3/c1-2-3-7-22-10-12-24(13-11-22)25-14-16-26(17-15-25)29-20-27-18-19-28(31(33)30(27)32(34)36-29)35-21-23-8-5-4-6-9-23/h2,10-20,23H,1,3-9,21H2. The molecule has 0 bridgehead atoms. The maximum atomic E-state index is 15.2. The normalized spacial score (nSPS) is 14.1. The molecule has 0 aliphatic heterocycles. The molecule has 0 amide bonds. The van der Waals surface area contributed by atoms with Crippen LogP contribution in [0.5, 0.6) is 5.75 Å². The molecule has 0 unspecified atom stereocenters. The summed E-state index contributed by atoms with van der Waals surface area (Å²) >= 11 is 0. The molecule has 4 aromatic rings. The lowest BCUT2D eigenvalue weighted by molar-refractivity contribution is 0.203. The van der Waals surface area contributed by atoms with E-state index >= 15 is 4.39 Å². The van der Waals surface area contributed by atoms with Gasteiger partial charge >= 0.3 is 5.63 Å². The summed E-state index contributed by atoms with van der Waals surface area (Å²) in [7, 11) is 0. The molecule has 0 saturated heterocycles. The summed E-state index contributed by atoms with van der Waals surface area (Å²) in [6.45, 7) is 4.26. The summed E-state index contributed by atoms with van der Waals surface area (Å²) in [4.78, 5) is 12.8. The van der Waals surface area contributed by atoms with Crippen LogP contribution in [0.4, 0.5) is 4.39 Å². The van der Waals surface area contributed by atoms with Gasteiger partial charge in [-0.25, -0.2) is 9.18 Å². The Labute approximate surface area is 211 Å². The largest absolute Gasteiger partial charge is 0.490 e. The fourth-order valence-corrected chi connectivity index (χ4v) is 5.00. The van der Waals surface area contributed by atoms with Crippen molar-refractivity contribution < 1.29 is 13.5 Å². The fraction of sp³-hybridized carbons (Fsp3) is 0.281. The zero-order valence-corrected chi connectivity index (χ0v) is 20.5. The van der Waals surface area contributed by atoms with Gasteiger partial charge in [0.25, 0.3) is 0 Å². The topological polar surface area (TPSA) is 39.4 Å². The van der Waals surface area contributed by atoms with Crippen LogP contribution in [-0.4, -0.2) is 6.61 Å². The van der Waals surface area contributed by atoms with Crippen LogP contribution < -0.4 is 10.4 Å². The van der Waals surface area contributed by atoms with Crippen LogP contribution in [0.3, 0.4) is 0 Å². The molecule has 1 fully saturated rings. The van der Waals surface area contributed by atoms with Gasteiger partial charge in [0.05, 0.1) is 6.61 Å². The Morgan fingerprint density at radius 2 is 1.58 bits per heavy atom. The zero-order valence-electron chi connectivity index (χ0n) is 20.5. The van der Waals surface area contributed by atoms with Crippen LogP contribution in [0.2, 0.25) is 0 Å². The van der Waals surface area contributed by atoms with Gasteiger partial charge in [0.15, 0.2) is 11.6 Å². The second kappa shape index (κ2) is 10.9. The minimum atomic E-state index is -0.692. The molecule has 1 saturated carbocycles. The highest BCUT2D eigenvalue weighted by Gasteiger charge is 2.18. The Morgan fingerprint density at radius 3 is 2.28 bits per heavy atom. The summed E-state index contributed by atoms with van der Waals surface area (Å²) in [6.07, 6.45) is 9.75. The fourth-order valence-electron chi connectivity index (χ4n) is 5.00. The van der Waals surface area contributed by atoms with E-state index in [1.807, 2.05) is 30.3 Å². The molecule has 5 rings (SSSR count). The molecular formula is C32H31FO3. The Morgan fingerprint density at radius 1 is 0.917 bits per heavy atom. The van der Waals surface area contributed by atoms with Gasteiger partial charge in [-0.05, 0) is 65.8 Å². The number of hydrogen-bond acceptors (Lipinski definition) is 3. The molecule has 0 atom stereocenters. The summed E-state index contributed by atoms with van der Waals surface area (Å²) in [6, 6.07) is 21.4. The van der Waals surface area contributed by atoms with Crippen molar-refractivity contribution >= 4 is 10.8 Å². The lowest BCUT2D eigenvalue weighted by Crippen LogP contribution is -2.16. The molecule has 1 aliphatic carbocycles. The second-order valence-corrected chi connectivity index (χ2v) is 9.66. The minimum Gasteiger partial charge on any atom is -0.490 e. The summed E-state index contributed by atoms with van der Waals surface area (Å²) in [5.41, 5.74) is 3.54. The van der Waals surface area contributed by atoms with Crippen LogP contribution in [-0.2, 0) is 6.42 Å². The van der Waals surface area contributed by atoms with Crippen molar-refractivity contribution in [3.05, 3.63) is 101 Å². The predicted molar refractivity (Wildman–Crippen MR) is 144 cm³/mol. The monoisotopic (exact) mass is 482 g/mol. The number of halogens is 1. The average Bonchev–Trinajstić information content (AvgIpc) is 2.92. The van der Waals surface area contributed by atoms with Crippen molar-refractivity contribution in [2.45, 2.75) is 44.9 Å². The third-order valence-corrected chi connectivity index (χ3v) is 7.13. The Balaban J connectivity index is 1.35. The molecule has 3 nitrogen and oxygen atoms in total. The first-order valence-electron chi connectivity index (χ1n) is 12.8. The van der Waals surface area contributed by atoms with Gasteiger partial charge in [0.1, 0.15) is 11.1 Å². The van der Waals surface area contributed by atoms with E-state index in [-0.39, 0.29) is 11.1 Å². The summed E-state index contributed by atoms with van der Waals surface area (Å²) < 4.78 is 26.5. The SMILES string of the molecule is C=CCCc1ccc(-c2ccc(-c3cc4ccc(OCC5CCCCC5)c(F)c4c(=O)o3)cc2)cc1. The molecule has 1 heterocycles. The summed E-state index contributed by atoms with van der Waals surface area (Å²) in [5.74, 6) is 0.336. The molecule has 0 spiro atoms. The van der Waals surface area contributed by atoms with Gasteiger partial charge in [-0.3, -0.25) is 0 Å². The minimum absolute atomic E-state index is 0.0620. The van der Waals surface area contributed by atoms with E-state index in [0.717, 1.165) is 42.4 Å². The van der Waals surface area contributed by atoms with Crippen molar-refractivity contribution in [1.29, 1.82) is 0 Å². The summed E-state index contributed by atoms with van der Waals surface area (Å²) in [5, 5.41) is 0.441. The van der Waals surface area contributed by atoms with Gasteiger partial charge in [0.2, 0.25) is 0 Å². The quantitative estimate of drug-likeness (QED) is 0.237. The number of benzene rings is 3. The Hall–Kier alpha value is -3.66. The van der Waals surface area contributed by atoms with Crippen molar-refractivity contribution in [2.75, 3.05) is 6.61 Å². The molecule has 1 aliphatic rings. The predicted octanol–water partition coefficient (Wildman–Crippen LogP) is 8.34. The van der Waals surface area contributed by atoms with Gasteiger partial charge in [-0.1, -0.05) is 79.9 Å². The average molecular weight is 483 g/mol. The van der Waals surface area contributed by atoms with E-state index in [0.29, 0.717) is 23.7 Å². The van der Waals surface area contributed by atoms with E-state index in [1.165, 1.54) is 24.8 Å².